The minimum atomic E-state index is -2.88. The van der Waals surface area contributed by atoms with E-state index in [2.05, 4.69) is 6.58 Å². The highest BCUT2D eigenvalue weighted by Crippen LogP contribution is 2.03. The van der Waals surface area contributed by atoms with E-state index < -0.39 is 9.84 Å². The van der Waals surface area contributed by atoms with Crippen LogP contribution in [0.25, 0.3) is 0 Å². The Balaban J connectivity index is 4.32. The Bertz CT molecular complexity index is 179. The van der Waals surface area contributed by atoms with Crippen molar-refractivity contribution in [3.05, 3.63) is 12.7 Å². The van der Waals surface area contributed by atoms with Crippen LogP contribution < -0.4 is 0 Å². The lowest BCUT2D eigenvalue weighted by molar-refractivity contribution is 0.592. The lowest BCUT2D eigenvalue weighted by Crippen LogP contribution is -2.15. The van der Waals surface area contributed by atoms with E-state index in [4.69, 9.17) is 0 Å². The van der Waals surface area contributed by atoms with Crippen LogP contribution in [0.3, 0.4) is 0 Å². The van der Waals surface area contributed by atoms with Crippen LogP contribution in [0.4, 0.5) is 0 Å². The second-order valence-electron chi connectivity index (χ2n) is 2.01. The molecule has 0 aromatic rings. The SMILES string of the molecule is C=CC(CC)S(C)(=O)=O. The van der Waals surface area contributed by atoms with Gasteiger partial charge in [0.25, 0.3) is 0 Å². The van der Waals surface area contributed by atoms with E-state index in [1.807, 2.05) is 6.92 Å². The molecule has 0 aliphatic rings. The summed E-state index contributed by atoms with van der Waals surface area (Å²) in [7, 11) is -2.88. The van der Waals surface area contributed by atoms with E-state index in [9.17, 15) is 8.42 Å². The highest BCUT2D eigenvalue weighted by Gasteiger charge is 2.12. The van der Waals surface area contributed by atoms with Gasteiger partial charge in [-0.3, -0.25) is 0 Å². The average Bonchev–Trinajstić information content (AvgIpc) is 1.65. The van der Waals surface area contributed by atoms with Gasteiger partial charge in [0, 0.05) is 6.26 Å². The Hall–Kier alpha value is -0.310. The fourth-order valence-electron chi connectivity index (χ4n) is 0.644. The summed E-state index contributed by atoms with van der Waals surface area (Å²) >= 11 is 0. The molecule has 1 unspecified atom stereocenters. The van der Waals surface area contributed by atoms with Gasteiger partial charge in [0.1, 0.15) is 0 Å². The van der Waals surface area contributed by atoms with Gasteiger partial charge in [-0.2, -0.15) is 0 Å². The maximum atomic E-state index is 10.7. The number of sulfone groups is 1. The molecule has 0 aliphatic carbocycles. The number of rotatable bonds is 3. The predicted molar refractivity (Wildman–Crippen MR) is 39.1 cm³/mol. The molecule has 3 heteroatoms. The third-order valence-corrected chi connectivity index (χ3v) is 2.84. The minimum Gasteiger partial charge on any atom is -0.229 e. The Morgan fingerprint density at radius 2 is 2.11 bits per heavy atom. The Labute approximate surface area is 56.5 Å². The summed E-state index contributed by atoms with van der Waals surface area (Å²) in [4.78, 5) is 0. The van der Waals surface area contributed by atoms with Crippen molar-refractivity contribution in [3.8, 4) is 0 Å². The Morgan fingerprint density at radius 1 is 1.67 bits per heavy atom. The maximum absolute atomic E-state index is 10.7. The molecule has 0 amide bonds. The van der Waals surface area contributed by atoms with Crippen molar-refractivity contribution in [2.45, 2.75) is 18.6 Å². The molecule has 2 nitrogen and oxygen atoms in total. The molecule has 0 saturated carbocycles. The van der Waals surface area contributed by atoms with Crippen molar-refractivity contribution < 1.29 is 8.42 Å². The molecule has 0 N–H and O–H groups in total. The Morgan fingerprint density at radius 3 is 2.11 bits per heavy atom. The summed E-state index contributed by atoms with van der Waals surface area (Å²) in [6.45, 7) is 5.25. The summed E-state index contributed by atoms with van der Waals surface area (Å²) in [5.41, 5.74) is 0. The number of hydrogen-bond donors (Lipinski definition) is 0. The van der Waals surface area contributed by atoms with Crippen LogP contribution in [0.2, 0.25) is 0 Å². The largest absolute Gasteiger partial charge is 0.229 e. The van der Waals surface area contributed by atoms with Crippen LogP contribution in [0, 0.1) is 0 Å². The molecule has 0 fully saturated rings. The fourth-order valence-corrected chi connectivity index (χ4v) is 1.60. The lowest BCUT2D eigenvalue weighted by atomic mass is 10.3. The molecule has 54 valence electrons. The molecule has 0 aromatic heterocycles. The van der Waals surface area contributed by atoms with E-state index in [-0.39, 0.29) is 5.25 Å². The van der Waals surface area contributed by atoms with Gasteiger partial charge in [0.15, 0.2) is 9.84 Å². The van der Waals surface area contributed by atoms with E-state index >= 15 is 0 Å². The van der Waals surface area contributed by atoms with Crippen molar-refractivity contribution in [1.29, 1.82) is 0 Å². The normalized spacial score (nSPS) is 14.9. The van der Waals surface area contributed by atoms with Crippen molar-refractivity contribution in [2.24, 2.45) is 0 Å². The van der Waals surface area contributed by atoms with Crippen LogP contribution in [0.15, 0.2) is 12.7 Å². The molecular formula is C6H12O2S. The number of hydrogen-bond acceptors (Lipinski definition) is 2. The molecular weight excluding hydrogens is 136 g/mol. The third-order valence-electron chi connectivity index (χ3n) is 1.22. The highest BCUT2D eigenvalue weighted by atomic mass is 32.2. The first-order chi connectivity index (χ1) is 4.02. The molecule has 0 saturated heterocycles. The summed E-state index contributed by atoms with van der Waals surface area (Å²) in [6, 6.07) is 0. The van der Waals surface area contributed by atoms with Gasteiger partial charge in [0.2, 0.25) is 0 Å². The van der Waals surface area contributed by atoms with Crippen LogP contribution >= 0.6 is 0 Å². The Kier molecular flexibility index (Phi) is 2.91. The average molecular weight is 148 g/mol. The van der Waals surface area contributed by atoms with E-state index in [1.165, 1.54) is 12.3 Å². The van der Waals surface area contributed by atoms with Gasteiger partial charge in [-0.25, -0.2) is 8.42 Å². The van der Waals surface area contributed by atoms with Gasteiger partial charge in [0.05, 0.1) is 5.25 Å². The van der Waals surface area contributed by atoms with Crippen molar-refractivity contribution in [3.63, 3.8) is 0 Å². The summed E-state index contributed by atoms with van der Waals surface area (Å²) in [5.74, 6) is 0. The highest BCUT2D eigenvalue weighted by molar-refractivity contribution is 7.91. The first-order valence-corrected chi connectivity index (χ1v) is 4.79. The van der Waals surface area contributed by atoms with Crippen molar-refractivity contribution in [1.82, 2.24) is 0 Å². The second-order valence-corrected chi connectivity index (χ2v) is 4.28. The zero-order valence-electron chi connectivity index (χ0n) is 5.79. The van der Waals surface area contributed by atoms with Gasteiger partial charge in [-0.1, -0.05) is 13.0 Å². The molecule has 0 aliphatic heterocycles. The smallest absolute Gasteiger partial charge is 0.153 e. The molecule has 9 heavy (non-hydrogen) atoms. The van der Waals surface area contributed by atoms with Crippen molar-refractivity contribution >= 4 is 9.84 Å². The molecule has 1 atom stereocenters. The summed E-state index contributed by atoms with van der Waals surface area (Å²) in [5, 5.41) is -0.363. The molecule has 0 rings (SSSR count). The lowest BCUT2D eigenvalue weighted by Gasteiger charge is -2.04. The van der Waals surface area contributed by atoms with E-state index in [1.54, 1.807) is 0 Å². The first-order valence-electron chi connectivity index (χ1n) is 2.83. The second kappa shape index (κ2) is 3.01. The predicted octanol–water partition coefficient (Wildman–Crippen LogP) is 0.996. The van der Waals surface area contributed by atoms with Gasteiger partial charge < -0.3 is 0 Å². The molecule has 0 aromatic carbocycles. The van der Waals surface area contributed by atoms with Crippen LogP contribution in [0.5, 0.6) is 0 Å². The van der Waals surface area contributed by atoms with E-state index in [0.717, 1.165) is 0 Å². The summed E-state index contributed by atoms with van der Waals surface area (Å²) < 4.78 is 21.4. The van der Waals surface area contributed by atoms with Crippen molar-refractivity contribution in [2.75, 3.05) is 6.26 Å². The zero-order valence-corrected chi connectivity index (χ0v) is 6.61. The van der Waals surface area contributed by atoms with Gasteiger partial charge >= 0.3 is 0 Å². The zero-order chi connectivity index (χ0) is 7.49. The first kappa shape index (κ1) is 8.69. The van der Waals surface area contributed by atoms with Crippen LogP contribution in [-0.2, 0) is 9.84 Å². The maximum Gasteiger partial charge on any atom is 0.153 e. The molecule has 0 spiro atoms. The van der Waals surface area contributed by atoms with Crippen LogP contribution in [-0.4, -0.2) is 19.9 Å². The fraction of sp³-hybridized carbons (Fsp3) is 0.667. The van der Waals surface area contributed by atoms with Gasteiger partial charge in [-0.05, 0) is 6.42 Å². The molecule has 0 bridgehead atoms. The third kappa shape index (κ3) is 2.65. The van der Waals surface area contributed by atoms with Gasteiger partial charge in [-0.15, -0.1) is 6.58 Å². The molecule has 0 heterocycles. The minimum absolute atomic E-state index is 0.363. The van der Waals surface area contributed by atoms with Crippen LogP contribution in [0.1, 0.15) is 13.3 Å². The quantitative estimate of drug-likeness (QED) is 0.559. The standard InChI is InChI=1S/C6H12O2S/c1-4-6(5-2)9(3,7)8/h4,6H,1,5H2,2-3H3. The van der Waals surface area contributed by atoms with E-state index in [0.29, 0.717) is 6.42 Å². The monoisotopic (exact) mass is 148 g/mol. The topological polar surface area (TPSA) is 34.1 Å². The molecule has 0 radical (unpaired) electrons. The summed E-state index contributed by atoms with van der Waals surface area (Å²) in [6.07, 6.45) is 3.31.